The number of likely N-dealkylation sites (tertiary alicyclic amines) is 1. The van der Waals surface area contributed by atoms with Crippen molar-refractivity contribution < 1.29 is 14.6 Å². The van der Waals surface area contributed by atoms with E-state index in [9.17, 15) is 5.11 Å². The fourth-order valence-corrected chi connectivity index (χ4v) is 7.83. The van der Waals surface area contributed by atoms with E-state index in [4.69, 9.17) is 15.2 Å². The van der Waals surface area contributed by atoms with Crippen LogP contribution in [0.2, 0.25) is 0 Å². The van der Waals surface area contributed by atoms with Crippen LogP contribution in [0.4, 0.5) is 0 Å². The van der Waals surface area contributed by atoms with Crippen LogP contribution in [0, 0.1) is 10.8 Å². The molecule has 0 amide bonds. The second-order valence-corrected chi connectivity index (χ2v) is 13.5. The minimum atomic E-state index is -0.451. The highest BCUT2D eigenvalue weighted by Gasteiger charge is 2.50. The first-order valence-corrected chi connectivity index (χ1v) is 14.9. The number of fused-ring (bicyclic) bond motifs is 2. The van der Waals surface area contributed by atoms with E-state index >= 15 is 0 Å². The third-order valence-corrected chi connectivity index (χ3v) is 9.23. The Labute approximate surface area is 239 Å². The van der Waals surface area contributed by atoms with E-state index in [0.717, 1.165) is 52.9 Å². The Hall–Kier alpha value is -2.54. The van der Waals surface area contributed by atoms with Gasteiger partial charge < -0.3 is 20.3 Å². The van der Waals surface area contributed by atoms with Gasteiger partial charge in [-0.15, -0.1) is 0 Å². The third kappa shape index (κ3) is 5.90. The van der Waals surface area contributed by atoms with E-state index < -0.39 is 6.29 Å². The molecule has 3 aromatic carbocycles. The quantitative estimate of drug-likeness (QED) is 0.347. The summed E-state index contributed by atoms with van der Waals surface area (Å²) in [5.41, 5.74) is 13.2. The van der Waals surface area contributed by atoms with Crippen LogP contribution in [0.25, 0.3) is 11.1 Å². The largest absolute Gasteiger partial charge is 0.392 e. The second kappa shape index (κ2) is 11.0. The van der Waals surface area contributed by atoms with Gasteiger partial charge in [-0.3, -0.25) is 4.90 Å². The zero-order chi connectivity index (χ0) is 27.9. The monoisotopic (exact) mass is 540 g/mol. The second-order valence-electron chi connectivity index (χ2n) is 13.5. The maximum Gasteiger partial charge on any atom is 0.184 e. The van der Waals surface area contributed by atoms with Crippen molar-refractivity contribution in [3.05, 3.63) is 95.1 Å². The maximum absolute atomic E-state index is 9.55. The number of hydrogen-bond acceptors (Lipinski definition) is 5. The molecule has 2 saturated heterocycles. The molecule has 3 N–H and O–H groups in total. The zero-order valence-corrected chi connectivity index (χ0v) is 24.2. The van der Waals surface area contributed by atoms with E-state index in [1.807, 2.05) is 12.1 Å². The SMILES string of the molecule is CC1(C)CC2CC(C)(CN2C[C@@H]2C[C@H](c3ccc(CO)cc3)O[C@H](c3cccc(-c4cccc(CN)c4)c3)O2)C1. The standard InChI is InChI=1S/C35H44N2O3/c1-34(2)17-30-18-35(3,22-34)23-37(30)20-31-16-32(26-12-10-24(21-38)11-13-26)40-33(39-31)29-9-5-8-28(15-29)27-7-4-6-25(14-27)19-36/h4-15,30-33,38H,16-23,36H2,1-3H3/t30?,31-,32+,33+,35?/m0/s1. The molecule has 5 heteroatoms. The summed E-state index contributed by atoms with van der Waals surface area (Å²) in [6.45, 7) is 9.99. The van der Waals surface area contributed by atoms with E-state index in [-0.39, 0.29) is 18.8 Å². The minimum absolute atomic E-state index is 0.0454. The number of benzene rings is 3. The van der Waals surface area contributed by atoms with Crippen molar-refractivity contribution in [2.75, 3.05) is 13.1 Å². The number of aliphatic hydroxyl groups is 1. The molecule has 0 spiro atoms. The molecule has 1 saturated carbocycles. The summed E-state index contributed by atoms with van der Waals surface area (Å²) in [4.78, 5) is 2.71. The Bertz CT molecular complexity index is 1320. The molecular weight excluding hydrogens is 496 g/mol. The first-order chi connectivity index (χ1) is 19.2. The van der Waals surface area contributed by atoms with Gasteiger partial charge in [0.15, 0.2) is 6.29 Å². The van der Waals surface area contributed by atoms with Gasteiger partial charge in [0.1, 0.15) is 0 Å². The molecule has 3 aromatic rings. The molecule has 40 heavy (non-hydrogen) atoms. The molecule has 2 aliphatic heterocycles. The summed E-state index contributed by atoms with van der Waals surface area (Å²) in [5, 5.41) is 9.55. The van der Waals surface area contributed by atoms with Gasteiger partial charge in [-0.25, -0.2) is 0 Å². The van der Waals surface area contributed by atoms with Crippen molar-refractivity contribution in [3.63, 3.8) is 0 Å². The highest BCUT2D eigenvalue weighted by Crippen LogP contribution is 2.53. The topological polar surface area (TPSA) is 68.0 Å². The molecule has 2 bridgehead atoms. The third-order valence-electron chi connectivity index (χ3n) is 9.23. The van der Waals surface area contributed by atoms with Gasteiger partial charge in [-0.2, -0.15) is 0 Å². The van der Waals surface area contributed by atoms with E-state index in [1.165, 1.54) is 19.3 Å². The number of rotatable bonds is 7. The normalized spacial score (nSPS) is 29.9. The summed E-state index contributed by atoms with van der Waals surface area (Å²) in [7, 11) is 0. The molecular formula is C35H44N2O3. The number of nitrogens with zero attached hydrogens (tertiary/aromatic N) is 1. The maximum atomic E-state index is 9.55. The van der Waals surface area contributed by atoms with Crippen molar-refractivity contribution in [2.45, 2.75) is 84.1 Å². The van der Waals surface area contributed by atoms with Crippen LogP contribution in [0.1, 0.15) is 81.1 Å². The molecule has 0 radical (unpaired) electrons. The number of nitrogens with two attached hydrogens (primary N) is 1. The first kappa shape index (κ1) is 27.6. The molecule has 5 nitrogen and oxygen atoms in total. The lowest BCUT2D eigenvalue weighted by Crippen LogP contribution is -2.42. The Morgan fingerprint density at radius 1 is 0.875 bits per heavy atom. The first-order valence-electron chi connectivity index (χ1n) is 14.9. The van der Waals surface area contributed by atoms with Crippen molar-refractivity contribution in [2.24, 2.45) is 16.6 Å². The molecule has 6 rings (SSSR count). The Morgan fingerprint density at radius 2 is 1.62 bits per heavy atom. The van der Waals surface area contributed by atoms with Gasteiger partial charge >= 0.3 is 0 Å². The van der Waals surface area contributed by atoms with Crippen LogP contribution in [0.15, 0.2) is 72.8 Å². The van der Waals surface area contributed by atoms with E-state index in [0.29, 0.717) is 23.4 Å². The van der Waals surface area contributed by atoms with Gasteiger partial charge in [0.05, 0.1) is 18.8 Å². The lowest BCUT2D eigenvalue weighted by molar-refractivity contribution is -0.253. The van der Waals surface area contributed by atoms with Crippen molar-refractivity contribution in [1.82, 2.24) is 4.90 Å². The fraction of sp³-hybridized carbons (Fsp3) is 0.486. The summed E-state index contributed by atoms with van der Waals surface area (Å²) in [5.74, 6) is 0. The van der Waals surface area contributed by atoms with Gasteiger partial charge in [0.25, 0.3) is 0 Å². The number of aliphatic hydroxyl groups excluding tert-OH is 1. The van der Waals surface area contributed by atoms with Crippen LogP contribution in [0.3, 0.4) is 0 Å². The van der Waals surface area contributed by atoms with Gasteiger partial charge in [0.2, 0.25) is 0 Å². The lowest BCUT2D eigenvalue weighted by atomic mass is 9.65. The molecule has 2 heterocycles. The van der Waals surface area contributed by atoms with Crippen molar-refractivity contribution in [3.8, 4) is 11.1 Å². The molecule has 1 aliphatic carbocycles. The predicted molar refractivity (Wildman–Crippen MR) is 159 cm³/mol. The van der Waals surface area contributed by atoms with Crippen molar-refractivity contribution >= 4 is 0 Å². The highest BCUT2D eigenvalue weighted by atomic mass is 16.7. The fourth-order valence-electron chi connectivity index (χ4n) is 7.83. The molecule has 3 aliphatic rings. The van der Waals surface area contributed by atoms with E-state index in [1.54, 1.807) is 0 Å². The van der Waals surface area contributed by atoms with Crippen LogP contribution >= 0.6 is 0 Å². The van der Waals surface area contributed by atoms with E-state index in [2.05, 4.69) is 86.3 Å². The number of hydrogen-bond donors (Lipinski definition) is 2. The molecule has 0 aromatic heterocycles. The predicted octanol–water partition coefficient (Wildman–Crippen LogP) is 6.75. The summed E-state index contributed by atoms with van der Waals surface area (Å²) >= 11 is 0. The zero-order valence-electron chi connectivity index (χ0n) is 24.2. The van der Waals surface area contributed by atoms with Gasteiger partial charge in [0, 0.05) is 37.7 Å². The lowest BCUT2D eigenvalue weighted by Gasteiger charge is -2.41. The molecule has 5 atom stereocenters. The van der Waals surface area contributed by atoms with Crippen LogP contribution < -0.4 is 5.73 Å². The molecule has 2 unspecified atom stereocenters. The van der Waals surface area contributed by atoms with Crippen LogP contribution in [-0.4, -0.2) is 35.2 Å². The molecule has 3 fully saturated rings. The van der Waals surface area contributed by atoms with Gasteiger partial charge in [-0.1, -0.05) is 81.4 Å². The number of ether oxygens (including phenoxy) is 2. The average Bonchev–Trinajstić information content (AvgIpc) is 3.20. The van der Waals surface area contributed by atoms with Crippen LogP contribution in [-0.2, 0) is 22.6 Å². The van der Waals surface area contributed by atoms with Crippen LogP contribution in [0.5, 0.6) is 0 Å². The molecule has 212 valence electrons. The smallest absolute Gasteiger partial charge is 0.184 e. The summed E-state index contributed by atoms with van der Waals surface area (Å²) < 4.78 is 13.5. The van der Waals surface area contributed by atoms with Crippen molar-refractivity contribution in [1.29, 1.82) is 0 Å². The average molecular weight is 541 g/mol. The minimum Gasteiger partial charge on any atom is -0.392 e. The Kier molecular flexibility index (Phi) is 7.62. The van der Waals surface area contributed by atoms with Gasteiger partial charge in [-0.05, 0) is 70.0 Å². The Balaban J connectivity index is 1.27. The summed E-state index contributed by atoms with van der Waals surface area (Å²) in [6.07, 6.45) is 4.20. The summed E-state index contributed by atoms with van der Waals surface area (Å²) in [6, 6.07) is 25.7. The highest BCUT2D eigenvalue weighted by molar-refractivity contribution is 5.65. The Morgan fingerprint density at radius 3 is 2.38 bits per heavy atom.